The van der Waals surface area contributed by atoms with Crippen molar-refractivity contribution in [1.29, 1.82) is 0 Å². The number of fused-ring (bicyclic) bond motifs is 1. The maximum Gasteiger partial charge on any atom is 0.0485 e. The van der Waals surface area contributed by atoms with Gasteiger partial charge in [0.15, 0.2) is 0 Å². The zero-order valence-electron chi connectivity index (χ0n) is 12.3. The summed E-state index contributed by atoms with van der Waals surface area (Å²) >= 11 is 0. The van der Waals surface area contributed by atoms with Crippen LogP contribution in [-0.4, -0.2) is 29.6 Å². The van der Waals surface area contributed by atoms with Crippen LogP contribution in [0.2, 0.25) is 0 Å². The highest BCUT2D eigenvalue weighted by atomic mass is 15.1. The van der Waals surface area contributed by atoms with Crippen LogP contribution in [0.4, 0.5) is 0 Å². The van der Waals surface area contributed by atoms with E-state index >= 15 is 0 Å². The Balaban J connectivity index is 1.98. The molecule has 1 fully saturated rings. The molecule has 102 valence electrons. The highest BCUT2D eigenvalue weighted by molar-refractivity contribution is 5.81. The molecule has 0 bridgehead atoms. The Morgan fingerprint density at radius 1 is 1.21 bits per heavy atom. The smallest absolute Gasteiger partial charge is 0.0485 e. The summed E-state index contributed by atoms with van der Waals surface area (Å²) in [6, 6.07) is 9.79. The lowest BCUT2D eigenvalue weighted by Crippen LogP contribution is -2.30. The third kappa shape index (κ3) is 2.42. The molecule has 0 amide bonds. The van der Waals surface area contributed by atoms with Crippen LogP contribution >= 0.6 is 0 Å². The predicted molar refractivity (Wildman–Crippen MR) is 81.8 cm³/mol. The Hall–Kier alpha value is -1.28. The number of hydrogen-bond donors (Lipinski definition) is 0. The van der Waals surface area contributed by atoms with E-state index in [9.17, 15) is 0 Å². The molecule has 1 aliphatic rings. The van der Waals surface area contributed by atoms with Crippen molar-refractivity contribution in [1.82, 2.24) is 9.47 Å². The number of hydrogen-bond acceptors (Lipinski definition) is 1. The van der Waals surface area contributed by atoms with Crippen LogP contribution < -0.4 is 0 Å². The Bertz CT molecular complexity index is 568. The summed E-state index contributed by atoms with van der Waals surface area (Å²) in [5, 5.41) is 1.36. The average Bonchev–Trinajstić information content (AvgIpc) is 2.81. The van der Waals surface area contributed by atoms with Crippen molar-refractivity contribution in [2.24, 2.45) is 0 Å². The van der Waals surface area contributed by atoms with Gasteiger partial charge in [-0.15, -0.1) is 0 Å². The normalized spacial score (nSPS) is 21.4. The van der Waals surface area contributed by atoms with Crippen LogP contribution in [0.15, 0.2) is 30.5 Å². The molecule has 1 unspecified atom stereocenters. The molecule has 1 aromatic carbocycles. The van der Waals surface area contributed by atoms with Gasteiger partial charge in [-0.05, 0) is 69.3 Å². The van der Waals surface area contributed by atoms with Gasteiger partial charge in [0.1, 0.15) is 0 Å². The fraction of sp³-hybridized carbons (Fsp3) is 0.529. The van der Waals surface area contributed by atoms with Gasteiger partial charge in [0.2, 0.25) is 0 Å². The number of rotatable bonds is 2. The highest BCUT2D eigenvalue weighted by Crippen LogP contribution is 2.29. The van der Waals surface area contributed by atoms with Crippen LogP contribution in [-0.2, 0) is 0 Å². The van der Waals surface area contributed by atoms with Gasteiger partial charge in [0.05, 0.1) is 0 Å². The second kappa shape index (κ2) is 5.01. The Morgan fingerprint density at radius 3 is 2.79 bits per heavy atom. The summed E-state index contributed by atoms with van der Waals surface area (Å²) in [4.78, 5) is 2.46. The first kappa shape index (κ1) is 12.7. The number of piperidine rings is 1. The topological polar surface area (TPSA) is 8.17 Å². The van der Waals surface area contributed by atoms with E-state index in [1.54, 1.807) is 0 Å². The van der Waals surface area contributed by atoms with E-state index in [0.717, 1.165) is 0 Å². The minimum atomic E-state index is 0.529. The molecule has 1 atom stereocenters. The SMILES string of the molecule is CC(C)n1ccc2ccc(C3CCCN(C)C3)cc21. The largest absolute Gasteiger partial charge is 0.345 e. The van der Waals surface area contributed by atoms with Crippen LogP contribution in [0.1, 0.15) is 44.2 Å². The molecule has 2 heterocycles. The van der Waals surface area contributed by atoms with Gasteiger partial charge in [-0.3, -0.25) is 0 Å². The van der Waals surface area contributed by atoms with Gasteiger partial charge < -0.3 is 9.47 Å². The zero-order valence-corrected chi connectivity index (χ0v) is 12.3. The molecule has 0 radical (unpaired) electrons. The fourth-order valence-electron chi connectivity index (χ4n) is 3.31. The second-order valence-electron chi connectivity index (χ2n) is 6.24. The third-order valence-electron chi connectivity index (χ3n) is 4.40. The van der Waals surface area contributed by atoms with Gasteiger partial charge >= 0.3 is 0 Å². The molecule has 19 heavy (non-hydrogen) atoms. The second-order valence-corrected chi connectivity index (χ2v) is 6.24. The summed E-state index contributed by atoms with van der Waals surface area (Å²) in [6.45, 7) is 6.95. The Labute approximate surface area is 116 Å². The van der Waals surface area contributed by atoms with Gasteiger partial charge in [0, 0.05) is 24.3 Å². The number of likely N-dealkylation sites (tertiary alicyclic amines) is 1. The van der Waals surface area contributed by atoms with E-state index in [1.165, 1.54) is 42.4 Å². The Morgan fingerprint density at radius 2 is 2.05 bits per heavy atom. The van der Waals surface area contributed by atoms with Gasteiger partial charge in [-0.25, -0.2) is 0 Å². The lowest BCUT2D eigenvalue weighted by molar-refractivity contribution is 0.251. The molecule has 2 aromatic rings. The van der Waals surface area contributed by atoms with Crippen LogP contribution in [0, 0.1) is 0 Å². The quantitative estimate of drug-likeness (QED) is 0.787. The van der Waals surface area contributed by atoms with E-state index in [1.807, 2.05) is 0 Å². The molecular weight excluding hydrogens is 232 g/mol. The minimum Gasteiger partial charge on any atom is -0.345 e. The molecule has 0 saturated carbocycles. The summed E-state index contributed by atoms with van der Waals surface area (Å²) in [6.07, 6.45) is 4.87. The lowest BCUT2D eigenvalue weighted by atomic mass is 9.90. The molecule has 1 aromatic heterocycles. The third-order valence-corrected chi connectivity index (χ3v) is 4.40. The summed E-state index contributed by atoms with van der Waals surface area (Å²) in [7, 11) is 2.24. The van der Waals surface area contributed by atoms with E-state index in [2.05, 4.69) is 60.8 Å². The number of nitrogens with zero attached hydrogens (tertiary/aromatic N) is 2. The average molecular weight is 256 g/mol. The molecular formula is C17H24N2. The standard InChI is InChI=1S/C17H24N2/c1-13(2)19-10-8-14-6-7-15(11-17(14)19)16-5-4-9-18(3)12-16/h6-8,10-11,13,16H,4-5,9,12H2,1-3H3. The van der Waals surface area contributed by atoms with Crippen molar-refractivity contribution in [2.45, 2.75) is 38.6 Å². The first-order valence-corrected chi connectivity index (χ1v) is 7.44. The van der Waals surface area contributed by atoms with Gasteiger partial charge in [0.25, 0.3) is 0 Å². The van der Waals surface area contributed by atoms with Crippen molar-refractivity contribution in [3.05, 3.63) is 36.0 Å². The molecule has 3 rings (SSSR count). The maximum absolute atomic E-state index is 2.46. The highest BCUT2D eigenvalue weighted by Gasteiger charge is 2.19. The number of aromatic nitrogens is 1. The van der Waals surface area contributed by atoms with E-state index < -0.39 is 0 Å². The molecule has 1 saturated heterocycles. The minimum absolute atomic E-state index is 0.529. The van der Waals surface area contributed by atoms with Crippen LogP contribution in [0.25, 0.3) is 10.9 Å². The number of likely N-dealkylation sites (N-methyl/N-ethyl adjacent to an activating group) is 1. The lowest BCUT2D eigenvalue weighted by Gasteiger charge is -2.30. The summed E-state index contributed by atoms with van der Waals surface area (Å²) in [5.74, 6) is 0.707. The van der Waals surface area contributed by atoms with Crippen LogP contribution in [0.5, 0.6) is 0 Å². The fourth-order valence-corrected chi connectivity index (χ4v) is 3.31. The monoisotopic (exact) mass is 256 g/mol. The van der Waals surface area contributed by atoms with E-state index in [0.29, 0.717) is 12.0 Å². The van der Waals surface area contributed by atoms with E-state index in [-0.39, 0.29) is 0 Å². The molecule has 2 nitrogen and oxygen atoms in total. The predicted octanol–water partition coefficient (Wildman–Crippen LogP) is 4.03. The zero-order chi connectivity index (χ0) is 13.4. The van der Waals surface area contributed by atoms with Crippen molar-refractivity contribution in [3.8, 4) is 0 Å². The van der Waals surface area contributed by atoms with Gasteiger partial charge in [-0.2, -0.15) is 0 Å². The summed E-state index contributed by atoms with van der Waals surface area (Å²) < 4.78 is 2.38. The van der Waals surface area contributed by atoms with E-state index in [4.69, 9.17) is 0 Å². The molecule has 2 heteroatoms. The molecule has 0 spiro atoms. The van der Waals surface area contributed by atoms with Crippen molar-refractivity contribution in [2.75, 3.05) is 20.1 Å². The number of benzene rings is 1. The first-order valence-electron chi connectivity index (χ1n) is 7.44. The molecule has 0 aliphatic carbocycles. The van der Waals surface area contributed by atoms with Crippen molar-refractivity contribution in [3.63, 3.8) is 0 Å². The molecule has 0 N–H and O–H groups in total. The van der Waals surface area contributed by atoms with Gasteiger partial charge in [-0.1, -0.05) is 12.1 Å². The summed E-state index contributed by atoms with van der Waals surface area (Å²) in [5.41, 5.74) is 2.90. The van der Waals surface area contributed by atoms with Crippen LogP contribution in [0.3, 0.4) is 0 Å². The molecule has 1 aliphatic heterocycles. The maximum atomic E-state index is 2.46. The van der Waals surface area contributed by atoms with Crippen molar-refractivity contribution >= 4 is 10.9 Å². The van der Waals surface area contributed by atoms with Crippen molar-refractivity contribution < 1.29 is 0 Å². The first-order chi connectivity index (χ1) is 9.15. The Kier molecular flexibility index (Phi) is 3.36.